The van der Waals surface area contributed by atoms with Gasteiger partial charge >= 0.3 is 0 Å². The summed E-state index contributed by atoms with van der Waals surface area (Å²) in [6, 6.07) is 0.353. The zero-order valence-electron chi connectivity index (χ0n) is 15.5. The Kier molecular flexibility index (Phi) is 4.20. The highest BCUT2D eigenvalue weighted by atomic mass is 16.5. The molecule has 3 saturated carbocycles. The van der Waals surface area contributed by atoms with Crippen LogP contribution in [0.25, 0.3) is 0 Å². The number of hydrogen-bond acceptors (Lipinski definition) is 3. The Morgan fingerprint density at radius 2 is 1.96 bits per heavy atom. The Hall–Kier alpha value is -1.32. The fourth-order valence-electron chi connectivity index (χ4n) is 7.18. The van der Waals surface area contributed by atoms with E-state index in [-0.39, 0.29) is 16.9 Å². The van der Waals surface area contributed by atoms with Crippen molar-refractivity contribution in [1.82, 2.24) is 5.32 Å². The summed E-state index contributed by atoms with van der Waals surface area (Å²) in [5, 5.41) is 3.12. The molecule has 1 amide bonds. The molecule has 0 aromatic carbocycles. The van der Waals surface area contributed by atoms with Gasteiger partial charge in [0.05, 0.1) is 0 Å². The predicted molar refractivity (Wildman–Crippen MR) is 95.6 cm³/mol. The van der Waals surface area contributed by atoms with E-state index < -0.39 is 0 Å². The molecule has 4 rings (SSSR count). The summed E-state index contributed by atoms with van der Waals surface area (Å²) in [5.74, 6) is 2.22. The minimum absolute atomic E-state index is 0.0786. The molecule has 7 atom stereocenters. The molecule has 4 aliphatic rings. The second-order valence-electron chi connectivity index (χ2n) is 9.32. The third-order valence-corrected chi connectivity index (χ3v) is 8.58. The number of fused-ring (bicyclic) bond motifs is 5. The molecular formula is C21H31NO3. The van der Waals surface area contributed by atoms with Crippen molar-refractivity contribution in [2.75, 3.05) is 0 Å². The van der Waals surface area contributed by atoms with Gasteiger partial charge < -0.3 is 10.1 Å². The Morgan fingerprint density at radius 3 is 2.72 bits per heavy atom. The molecule has 4 heteroatoms. The first-order chi connectivity index (χ1) is 12.0. The van der Waals surface area contributed by atoms with E-state index in [1.165, 1.54) is 24.8 Å². The Balaban J connectivity index is 1.59. The predicted octanol–water partition coefficient (Wildman–Crippen LogP) is 3.61. The van der Waals surface area contributed by atoms with Gasteiger partial charge in [-0.25, -0.2) is 0 Å². The maximum absolute atomic E-state index is 11.0. The Labute approximate surface area is 150 Å². The molecule has 0 heterocycles. The van der Waals surface area contributed by atoms with E-state index in [1.54, 1.807) is 0 Å². The maximum Gasteiger partial charge on any atom is 0.293 e. The number of allylic oxidation sites excluding steroid dienone is 1. The molecule has 0 saturated heterocycles. The highest BCUT2D eigenvalue weighted by molar-refractivity contribution is 5.47. The van der Waals surface area contributed by atoms with Crippen LogP contribution in [0.1, 0.15) is 65.2 Å². The van der Waals surface area contributed by atoms with Crippen molar-refractivity contribution >= 4 is 12.9 Å². The lowest BCUT2D eigenvalue weighted by Gasteiger charge is -2.58. The van der Waals surface area contributed by atoms with Gasteiger partial charge in [0.2, 0.25) is 6.41 Å². The first kappa shape index (κ1) is 17.1. The number of amides is 1. The lowest BCUT2D eigenvalue weighted by atomic mass is 9.48. The van der Waals surface area contributed by atoms with Gasteiger partial charge in [0.1, 0.15) is 6.10 Å². The minimum Gasteiger partial charge on any atom is -0.464 e. The molecule has 4 aliphatic carbocycles. The summed E-state index contributed by atoms with van der Waals surface area (Å²) >= 11 is 0. The minimum atomic E-state index is 0.0786. The highest BCUT2D eigenvalue weighted by Crippen LogP contribution is 2.64. The van der Waals surface area contributed by atoms with Gasteiger partial charge in [-0.2, -0.15) is 0 Å². The van der Waals surface area contributed by atoms with E-state index >= 15 is 0 Å². The molecule has 0 bridgehead atoms. The van der Waals surface area contributed by atoms with Crippen LogP contribution in [0.2, 0.25) is 0 Å². The number of carbonyl (C=O) groups is 2. The summed E-state index contributed by atoms with van der Waals surface area (Å²) < 4.78 is 5.28. The zero-order valence-corrected chi connectivity index (χ0v) is 15.5. The van der Waals surface area contributed by atoms with Crippen LogP contribution in [0.3, 0.4) is 0 Å². The number of hydrogen-bond donors (Lipinski definition) is 1. The first-order valence-electron chi connectivity index (χ1n) is 10.0. The van der Waals surface area contributed by atoms with Gasteiger partial charge in [-0.1, -0.05) is 25.5 Å². The van der Waals surface area contributed by atoms with Gasteiger partial charge in [0.25, 0.3) is 6.47 Å². The van der Waals surface area contributed by atoms with E-state index in [0.717, 1.165) is 56.3 Å². The molecule has 1 N–H and O–H groups in total. The molecule has 0 aromatic heterocycles. The average molecular weight is 345 g/mol. The molecule has 0 aromatic rings. The SMILES string of the molecule is C[C@]12CC[C@H]3[C@@H](CC=C4C[C@H](OC=O)CC[C@@]43C)[C@@H]1CC[C@@H]2NC=O. The van der Waals surface area contributed by atoms with Crippen molar-refractivity contribution < 1.29 is 14.3 Å². The topological polar surface area (TPSA) is 55.4 Å². The number of nitrogens with one attached hydrogen (secondary N) is 1. The van der Waals surface area contributed by atoms with Crippen molar-refractivity contribution in [3.63, 3.8) is 0 Å². The molecule has 138 valence electrons. The van der Waals surface area contributed by atoms with Crippen LogP contribution in [-0.2, 0) is 14.3 Å². The highest BCUT2D eigenvalue weighted by Gasteiger charge is 2.58. The van der Waals surface area contributed by atoms with E-state index in [0.29, 0.717) is 12.5 Å². The van der Waals surface area contributed by atoms with Crippen LogP contribution in [-0.4, -0.2) is 25.0 Å². The summed E-state index contributed by atoms with van der Waals surface area (Å²) in [5.41, 5.74) is 2.08. The molecular weight excluding hydrogens is 314 g/mol. The van der Waals surface area contributed by atoms with Gasteiger partial charge in [-0.05, 0) is 73.5 Å². The van der Waals surface area contributed by atoms with Crippen LogP contribution < -0.4 is 5.32 Å². The average Bonchev–Trinajstić information content (AvgIpc) is 2.93. The summed E-state index contributed by atoms with van der Waals surface area (Å²) in [6.07, 6.45) is 12.5. The molecule has 3 fully saturated rings. The van der Waals surface area contributed by atoms with Crippen molar-refractivity contribution in [2.45, 2.75) is 77.4 Å². The van der Waals surface area contributed by atoms with Crippen LogP contribution in [0, 0.1) is 28.6 Å². The number of carbonyl (C=O) groups excluding carboxylic acids is 2. The van der Waals surface area contributed by atoms with Crippen LogP contribution in [0.5, 0.6) is 0 Å². The largest absolute Gasteiger partial charge is 0.464 e. The van der Waals surface area contributed by atoms with Gasteiger partial charge in [0, 0.05) is 12.5 Å². The van der Waals surface area contributed by atoms with Crippen LogP contribution >= 0.6 is 0 Å². The normalized spacial score (nSPS) is 48.4. The number of rotatable bonds is 4. The molecule has 0 radical (unpaired) electrons. The van der Waals surface area contributed by atoms with E-state index in [9.17, 15) is 9.59 Å². The summed E-state index contributed by atoms with van der Waals surface area (Å²) in [6.45, 7) is 5.49. The van der Waals surface area contributed by atoms with Gasteiger partial charge in [-0.15, -0.1) is 0 Å². The lowest BCUT2D eigenvalue weighted by Crippen LogP contribution is -2.53. The van der Waals surface area contributed by atoms with Gasteiger partial charge in [-0.3, -0.25) is 9.59 Å². The summed E-state index contributed by atoms with van der Waals surface area (Å²) in [7, 11) is 0. The summed E-state index contributed by atoms with van der Waals surface area (Å²) in [4.78, 5) is 21.7. The molecule has 4 nitrogen and oxygen atoms in total. The molecule has 0 unspecified atom stereocenters. The third-order valence-electron chi connectivity index (χ3n) is 8.58. The molecule has 0 spiro atoms. The first-order valence-corrected chi connectivity index (χ1v) is 10.0. The maximum atomic E-state index is 11.0. The second-order valence-corrected chi connectivity index (χ2v) is 9.32. The fourth-order valence-corrected chi connectivity index (χ4v) is 7.18. The standard InChI is InChI=1S/C21H31NO3/c1-20-9-7-15(25-13-24)11-14(20)3-4-16-17-5-6-19(22-12-23)21(17,2)10-8-18(16)20/h3,12-13,15-19H,4-11H2,1-2H3,(H,22,23)/t15-,16+,17+,18+,19+,20+,21+/m1/s1. The van der Waals surface area contributed by atoms with Crippen molar-refractivity contribution in [3.05, 3.63) is 11.6 Å². The Bertz CT molecular complexity index is 588. The van der Waals surface area contributed by atoms with Crippen LogP contribution in [0.4, 0.5) is 0 Å². The molecule has 25 heavy (non-hydrogen) atoms. The smallest absolute Gasteiger partial charge is 0.293 e. The van der Waals surface area contributed by atoms with E-state index in [2.05, 4.69) is 25.2 Å². The monoisotopic (exact) mass is 345 g/mol. The van der Waals surface area contributed by atoms with Gasteiger partial charge in [0.15, 0.2) is 0 Å². The lowest BCUT2D eigenvalue weighted by molar-refractivity contribution is -0.136. The second kappa shape index (κ2) is 6.14. The third kappa shape index (κ3) is 2.47. The van der Waals surface area contributed by atoms with E-state index in [1.807, 2.05) is 0 Å². The number of ether oxygens (including phenoxy) is 1. The van der Waals surface area contributed by atoms with Crippen molar-refractivity contribution in [2.24, 2.45) is 28.6 Å². The Morgan fingerprint density at radius 1 is 1.12 bits per heavy atom. The van der Waals surface area contributed by atoms with E-state index in [4.69, 9.17) is 4.74 Å². The van der Waals surface area contributed by atoms with Crippen molar-refractivity contribution in [1.29, 1.82) is 0 Å². The van der Waals surface area contributed by atoms with Crippen LogP contribution in [0.15, 0.2) is 11.6 Å². The molecule has 0 aliphatic heterocycles. The fraction of sp³-hybridized carbons (Fsp3) is 0.810. The zero-order chi connectivity index (χ0) is 17.7. The quantitative estimate of drug-likeness (QED) is 0.625. The van der Waals surface area contributed by atoms with Crippen molar-refractivity contribution in [3.8, 4) is 0 Å².